The molecule has 7 rings (SSSR count). The molecule has 4 aromatic rings. The first kappa shape index (κ1) is 45.3. The fourth-order valence-corrected chi connectivity index (χ4v) is 11.7. The topological polar surface area (TPSA) is 301 Å². The molecule has 0 aliphatic carbocycles. The smallest absolute Gasteiger partial charge is 0.392 e. The highest BCUT2D eigenvalue weighted by molar-refractivity contribution is 8.55. The highest BCUT2D eigenvalue weighted by atomic mass is 32.7. The van der Waals surface area contributed by atoms with Gasteiger partial charge in [-0.15, -0.1) is 0 Å². The number of carbonyl (C=O) groups excluding carboxylic acids is 2. The molecule has 6 unspecified atom stereocenters. The first-order valence-electron chi connectivity index (χ1n) is 18.3. The van der Waals surface area contributed by atoms with Gasteiger partial charge in [0.05, 0.1) is 36.7 Å². The standard InChI is InChI=1S/C32H42F2N10O13P2S2/c1-31(2,3)28(46)50-12-60-58(48)53-8-15-21(17(34)27(55-15)44-11-40-19-24(44)41-30(36)42-25(19)45)57-59(49,61-13-51-29(47)32(4,5)6)52-7-14-20(56-58)16(33)26(54-14)43-10-39-18-22(35)37-9-38-23(18)43/h9-11,14-17,20-21,26-27H,7-8,12-13H2,1-6H3,(H2,35,37,38)(H3,36,41,42,45)/t14?,15?,16-,17-,20-,21-,26?,27?,58?,59?/m1/s1. The minimum Gasteiger partial charge on any atom is -0.454 e. The summed E-state index contributed by atoms with van der Waals surface area (Å²) in [6, 6.07) is 0. The van der Waals surface area contributed by atoms with Crippen molar-refractivity contribution < 1.29 is 64.5 Å². The number of alkyl halides is 2. The summed E-state index contributed by atoms with van der Waals surface area (Å²) in [6.07, 6.45) is -11.3. The summed E-state index contributed by atoms with van der Waals surface area (Å²) in [6.45, 7) is -1.54. The van der Waals surface area contributed by atoms with Crippen LogP contribution < -0.4 is 17.0 Å². The van der Waals surface area contributed by atoms with E-state index in [0.29, 0.717) is 22.8 Å². The van der Waals surface area contributed by atoms with E-state index < -0.39 is 116 Å². The molecule has 3 aliphatic heterocycles. The first-order chi connectivity index (χ1) is 28.6. The number of hydrogen-bond donors (Lipinski definition) is 3. The molecule has 7 heterocycles. The number of fused-ring (bicyclic) bond motifs is 4. The van der Waals surface area contributed by atoms with Gasteiger partial charge in [0.15, 0.2) is 47.4 Å². The fraction of sp³-hybridized carbons (Fsp3) is 0.625. The molecule has 0 radical (unpaired) electrons. The normalized spacial score (nSPS) is 31.3. The SMILES string of the molecule is CC(C)(C)C(=O)OCSP1(=O)OCC2OC(n3cnc4c(=O)[nH]c(N)nc43)[C@H](F)[C@@H]2OP(=O)(SCOC(=O)C(C)(C)C)OCC2OC(n3cnc4c(N)ncnc43)[C@H](F)[C@@H]2O1. The number of hydrogen-bond acceptors (Lipinski definition) is 22. The van der Waals surface area contributed by atoms with E-state index >= 15 is 8.78 Å². The molecule has 23 nitrogen and oxygen atoms in total. The molecule has 29 heteroatoms. The Bertz CT molecular complexity index is 2470. The minimum atomic E-state index is -4.72. The van der Waals surface area contributed by atoms with Gasteiger partial charge in [0.2, 0.25) is 5.95 Å². The van der Waals surface area contributed by atoms with E-state index in [2.05, 4.69) is 29.9 Å². The molecular weight excluding hydrogens is 896 g/mol. The predicted octanol–water partition coefficient (Wildman–Crippen LogP) is 4.19. The summed E-state index contributed by atoms with van der Waals surface area (Å²) in [7, 11) is 0. The van der Waals surface area contributed by atoms with E-state index in [9.17, 15) is 23.5 Å². The van der Waals surface area contributed by atoms with Crippen LogP contribution in [0, 0.1) is 10.8 Å². The number of nitrogen functional groups attached to an aromatic ring is 2. The van der Waals surface area contributed by atoms with Gasteiger partial charge < -0.3 is 30.4 Å². The zero-order chi connectivity index (χ0) is 44.2. The van der Waals surface area contributed by atoms with Gasteiger partial charge in [-0.2, -0.15) is 4.98 Å². The number of carbonyl (C=O) groups is 2. The van der Waals surface area contributed by atoms with E-state index in [1.165, 1.54) is 10.9 Å². The molecule has 3 saturated heterocycles. The van der Waals surface area contributed by atoms with Gasteiger partial charge >= 0.3 is 25.5 Å². The van der Waals surface area contributed by atoms with E-state index in [0.717, 1.165) is 17.2 Å². The Morgan fingerprint density at radius 3 is 1.77 bits per heavy atom. The number of rotatable bonds is 8. The molecule has 5 N–H and O–H groups in total. The number of nitrogens with zero attached hydrogens (tertiary/aromatic N) is 7. The van der Waals surface area contributed by atoms with Crippen LogP contribution >= 0.6 is 36.4 Å². The first-order valence-corrected chi connectivity index (χ1v) is 24.6. The molecule has 0 amide bonds. The van der Waals surface area contributed by atoms with Crippen molar-refractivity contribution in [2.24, 2.45) is 10.8 Å². The summed E-state index contributed by atoms with van der Waals surface area (Å²) in [5.74, 6) is -2.90. The Labute approximate surface area is 352 Å². The van der Waals surface area contributed by atoms with Crippen molar-refractivity contribution >= 4 is 82.4 Å². The molecule has 61 heavy (non-hydrogen) atoms. The van der Waals surface area contributed by atoms with Crippen LogP contribution in [0.1, 0.15) is 54.0 Å². The number of imidazole rings is 2. The lowest BCUT2D eigenvalue weighted by atomic mass is 9.98. The quantitative estimate of drug-likeness (QED) is 0.127. The maximum Gasteiger partial charge on any atom is 0.392 e. The van der Waals surface area contributed by atoms with Crippen molar-refractivity contribution in [1.82, 2.24) is 39.0 Å². The zero-order valence-electron chi connectivity index (χ0n) is 33.2. The van der Waals surface area contributed by atoms with Crippen LogP contribution in [0.2, 0.25) is 0 Å². The molecule has 0 saturated carbocycles. The van der Waals surface area contributed by atoms with E-state index in [4.69, 9.17) is 48.5 Å². The number of aromatic nitrogens is 8. The van der Waals surface area contributed by atoms with Gasteiger partial charge in [-0.1, -0.05) is 0 Å². The Balaban J connectivity index is 1.25. The number of anilines is 2. The predicted molar refractivity (Wildman–Crippen MR) is 213 cm³/mol. The lowest BCUT2D eigenvalue weighted by Crippen LogP contribution is -2.37. The maximum absolute atomic E-state index is 16.9. The molecule has 3 fully saturated rings. The van der Waals surface area contributed by atoms with Crippen molar-refractivity contribution in [3.63, 3.8) is 0 Å². The van der Waals surface area contributed by atoms with Crippen LogP contribution in [0.3, 0.4) is 0 Å². The molecule has 0 aromatic carbocycles. The molecule has 0 spiro atoms. The second kappa shape index (κ2) is 17.1. The van der Waals surface area contributed by atoms with Gasteiger partial charge in [-0.25, -0.2) is 37.8 Å². The minimum absolute atomic E-state index is 0.0129. The van der Waals surface area contributed by atoms with Gasteiger partial charge in [0, 0.05) is 22.8 Å². The molecule has 4 aromatic heterocycles. The number of H-pyrrole nitrogens is 1. The Kier molecular flexibility index (Phi) is 12.7. The lowest BCUT2D eigenvalue weighted by molar-refractivity contribution is -0.151. The molecule has 10 atom stereocenters. The van der Waals surface area contributed by atoms with Crippen LogP contribution in [0.25, 0.3) is 22.3 Å². The molecule has 0 bridgehead atoms. The number of esters is 2. The Morgan fingerprint density at radius 1 is 0.803 bits per heavy atom. The largest absolute Gasteiger partial charge is 0.454 e. The van der Waals surface area contributed by atoms with Gasteiger partial charge in [0.1, 0.15) is 48.1 Å². The van der Waals surface area contributed by atoms with Crippen LogP contribution in [0.15, 0.2) is 23.8 Å². The van der Waals surface area contributed by atoms with Crippen LogP contribution in [0.5, 0.6) is 0 Å². The Morgan fingerprint density at radius 2 is 1.28 bits per heavy atom. The number of ether oxygens (including phenoxy) is 4. The van der Waals surface area contributed by atoms with Gasteiger partial charge in [-0.3, -0.25) is 46.6 Å². The number of nitrogens with one attached hydrogen (secondary N) is 1. The second-order valence-electron chi connectivity index (χ2n) is 15.9. The third-order valence-corrected chi connectivity index (χ3v) is 15.9. The van der Waals surface area contributed by atoms with Gasteiger partial charge in [0.25, 0.3) is 5.56 Å². The summed E-state index contributed by atoms with van der Waals surface area (Å²) in [5.41, 5.74) is 8.81. The summed E-state index contributed by atoms with van der Waals surface area (Å²) < 4.78 is 112. The molecular formula is C32H42F2N10O13P2S2. The van der Waals surface area contributed by atoms with Crippen LogP contribution in [-0.4, -0.2) is 113 Å². The van der Waals surface area contributed by atoms with E-state index in [-0.39, 0.29) is 34.1 Å². The average Bonchev–Trinajstić information content (AvgIpc) is 3.94. The third-order valence-electron chi connectivity index (χ3n) is 9.24. The van der Waals surface area contributed by atoms with Crippen molar-refractivity contribution in [3.8, 4) is 0 Å². The van der Waals surface area contributed by atoms with Crippen molar-refractivity contribution in [2.75, 3.05) is 36.6 Å². The van der Waals surface area contributed by atoms with Crippen LogP contribution in [-0.2, 0) is 55.8 Å². The summed E-state index contributed by atoms with van der Waals surface area (Å²) in [5, 5.41) is 0. The number of aromatic amines is 1. The summed E-state index contributed by atoms with van der Waals surface area (Å²) in [4.78, 5) is 60.4. The van der Waals surface area contributed by atoms with Gasteiger partial charge in [-0.05, 0) is 41.5 Å². The van der Waals surface area contributed by atoms with Crippen molar-refractivity contribution in [1.29, 1.82) is 0 Å². The third kappa shape index (κ3) is 9.45. The highest BCUT2D eigenvalue weighted by Crippen LogP contribution is 2.66. The van der Waals surface area contributed by atoms with E-state index in [1.54, 1.807) is 41.5 Å². The average molecular weight is 939 g/mol. The maximum atomic E-state index is 16.9. The zero-order valence-corrected chi connectivity index (χ0v) is 36.7. The highest BCUT2D eigenvalue weighted by Gasteiger charge is 2.56. The second-order valence-corrected chi connectivity index (χ2v) is 23.8. The number of halogens is 2. The van der Waals surface area contributed by atoms with E-state index in [1.807, 2.05) is 0 Å². The monoisotopic (exact) mass is 938 g/mol. The molecule has 334 valence electrons. The summed E-state index contributed by atoms with van der Waals surface area (Å²) >= 11 is 0.748. The van der Waals surface area contributed by atoms with Crippen molar-refractivity contribution in [3.05, 3.63) is 29.3 Å². The van der Waals surface area contributed by atoms with Crippen molar-refractivity contribution in [2.45, 2.75) is 90.8 Å². The lowest BCUT2D eigenvalue weighted by Gasteiger charge is -2.30. The Hall–Kier alpha value is -3.78. The fourth-order valence-electron chi connectivity index (χ4n) is 6.09. The number of nitrogens with two attached hydrogens (primary N) is 2. The van der Waals surface area contributed by atoms with Crippen LogP contribution in [0.4, 0.5) is 20.5 Å². The molecule has 3 aliphatic rings.